The third-order valence-electron chi connectivity index (χ3n) is 2.34. The van der Waals surface area contributed by atoms with E-state index in [1.165, 1.54) is 16.7 Å². The largest absolute Gasteiger partial charge is 0.293 e. The van der Waals surface area contributed by atoms with Crippen molar-refractivity contribution in [1.82, 2.24) is 0 Å². The SMILES string of the molecule is C=C(CC)C/C(C)=C(\C=NCC)C(=C)C. The van der Waals surface area contributed by atoms with E-state index in [2.05, 4.69) is 32.0 Å². The Kier molecular flexibility index (Phi) is 6.68. The van der Waals surface area contributed by atoms with Crippen LogP contribution < -0.4 is 0 Å². The van der Waals surface area contributed by atoms with Crippen molar-refractivity contribution in [2.24, 2.45) is 4.99 Å². The lowest BCUT2D eigenvalue weighted by atomic mass is 9.98. The van der Waals surface area contributed by atoms with E-state index in [1.807, 2.05) is 20.1 Å². The third-order valence-corrected chi connectivity index (χ3v) is 2.34. The van der Waals surface area contributed by atoms with Crippen molar-refractivity contribution in [3.05, 3.63) is 35.5 Å². The van der Waals surface area contributed by atoms with Crippen molar-refractivity contribution >= 4 is 6.21 Å². The molecule has 0 atom stereocenters. The number of hydrogen-bond acceptors (Lipinski definition) is 1. The van der Waals surface area contributed by atoms with Gasteiger partial charge in [0.25, 0.3) is 0 Å². The van der Waals surface area contributed by atoms with Gasteiger partial charge in [-0.2, -0.15) is 0 Å². The third kappa shape index (κ3) is 5.36. The van der Waals surface area contributed by atoms with Crippen LogP contribution in [0.25, 0.3) is 0 Å². The average molecular weight is 205 g/mol. The Labute approximate surface area is 94.3 Å². The zero-order valence-electron chi connectivity index (χ0n) is 10.6. The van der Waals surface area contributed by atoms with Gasteiger partial charge in [0.2, 0.25) is 0 Å². The summed E-state index contributed by atoms with van der Waals surface area (Å²) in [5.74, 6) is 0. The molecule has 0 aromatic rings. The molecule has 0 aliphatic heterocycles. The topological polar surface area (TPSA) is 12.4 Å². The highest BCUT2D eigenvalue weighted by molar-refractivity contribution is 5.85. The van der Waals surface area contributed by atoms with Gasteiger partial charge < -0.3 is 0 Å². The van der Waals surface area contributed by atoms with Gasteiger partial charge in [0, 0.05) is 12.8 Å². The molecule has 1 heteroatoms. The van der Waals surface area contributed by atoms with Crippen LogP contribution in [0.1, 0.15) is 40.5 Å². The minimum absolute atomic E-state index is 0.818. The summed E-state index contributed by atoms with van der Waals surface area (Å²) in [6.07, 6.45) is 3.92. The molecule has 0 radical (unpaired) electrons. The molecule has 0 N–H and O–H groups in total. The Bertz CT molecular complexity index is 292. The molecule has 15 heavy (non-hydrogen) atoms. The summed E-state index contributed by atoms with van der Waals surface area (Å²) in [7, 11) is 0. The first-order valence-electron chi connectivity index (χ1n) is 5.55. The van der Waals surface area contributed by atoms with Crippen LogP contribution in [0, 0.1) is 0 Å². The molecule has 0 aliphatic carbocycles. The second kappa shape index (κ2) is 7.22. The van der Waals surface area contributed by atoms with E-state index < -0.39 is 0 Å². The zero-order valence-corrected chi connectivity index (χ0v) is 10.6. The maximum Gasteiger partial charge on any atom is 0.0361 e. The summed E-state index contributed by atoms with van der Waals surface area (Å²) in [5.41, 5.74) is 4.82. The predicted molar refractivity (Wildman–Crippen MR) is 70.6 cm³/mol. The lowest BCUT2D eigenvalue weighted by molar-refractivity contribution is 0.991. The minimum Gasteiger partial charge on any atom is -0.293 e. The fourth-order valence-electron chi connectivity index (χ4n) is 1.36. The van der Waals surface area contributed by atoms with Gasteiger partial charge in [0.15, 0.2) is 0 Å². The molecule has 0 unspecified atom stereocenters. The maximum absolute atomic E-state index is 4.27. The van der Waals surface area contributed by atoms with Crippen LogP contribution in [0.15, 0.2) is 40.4 Å². The molecular weight excluding hydrogens is 182 g/mol. The highest BCUT2D eigenvalue weighted by atomic mass is 14.7. The molecule has 0 amide bonds. The van der Waals surface area contributed by atoms with E-state index in [0.717, 1.165) is 25.0 Å². The van der Waals surface area contributed by atoms with E-state index in [9.17, 15) is 0 Å². The van der Waals surface area contributed by atoms with E-state index in [1.54, 1.807) is 0 Å². The smallest absolute Gasteiger partial charge is 0.0361 e. The Hall–Kier alpha value is -1.11. The molecule has 1 nitrogen and oxygen atoms in total. The normalized spacial score (nSPS) is 12.8. The van der Waals surface area contributed by atoms with Crippen LogP contribution in [0.5, 0.6) is 0 Å². The summed E-state index contributed by atoms with van der Waals surface area (Å²) in [5, 5.41) is 0. The van der Waals surface area contributed by atoms with Crippen LogP contribution >= 0.6 is 0 Å². The first-order valence-corrected chi connectivity index (χ1v) is 5.55. The van der Waals surface area contributed by atoms with Crippen LogP contribution in [-0.2, 0) is 0 Å². The Morgan fingerprint density at radius 1 is 1.20 bits per heavy atom. The minimum atomic E-state index is 0.818. The molecular formula is C14H23N. The van der Waals surface area contributed by atoms with Gasteiger partial charge in [-0.3, -0.25) is 4.99 Å². The van der Waals surface area contributed by atoms with Crippen molar-refractivity contribution in [1.29, 1.82) is 0 Å². The Morgan fingerprint density at radius 2 is 1.80 bits per heavy atom. The molecule has 0 bridgehead atoms. The summed E-state index contributed by atoms with van der Waals surface area (Å²) >= 11 is 0. The highest BCUT2D eigenvalue weighted by Gasteiger charge is 2.02. The number of hydrogen-bond donors (Lipinski definition) is 0. The van der Waals surface area contributed by atoms with E-state index in [4.69, 9.17) is 0 Å². The summed E-state index contributed by atoms with van der Waals surface area (Å²) in [4.78, 5) is 4.27. The Balaban J connectivity index is 4.84. The first-order chi connectivity index (χ1) is 7.02. The van der Waals surface area contributed by atoms with Crippen molar-refractivity contribution in [2.45, 2.75) is 40.5 Å². The first kappa shape index (κ1) is 13.9. The number of allylic oxidation sites excluding steroid dienone is 4. The molecule has 0 heterocycles. The number of aliphatic imine (C=N–C) groups is 1. The zero-order chi connectivity index (χ0) is 11.8. The summed E-state index contributed by atoms with van der Waals surface area (Å²) in [6, 6.07) is 0. The van der Waals surface area contributed by atoms with E-state index in [-0.39, 0.29) is 0 Å². The average Bonchev–Trinajstić information content (AvgIpc) is 2.17. The predicted octanol–water partition coefficient (Wildman–Crippen LogP) is 4.33. The molecule has 84 valence electrons. The van der Waals surface area contributed by atoms with Gasteiger partial charge in [-0.1, -0.05) is 31.2 Å². The lowest BCUT2D eigenvalue weighted by Crippen LogP contribution is -1.94. The summed E-state index contributed by atoms with van der Waals surface area (Å²) < 4.78 is 0. The molecule has 0 saturated carbocycles. The molecule has 0 fully saturated rings. The highest BCUT2D eigenvalue weighted by Crippen LogP contribution is 2.18. The number of rotatable bonds is 6. The van der Waals surface area contributed by atoms with Crippen LogP contribution in [0.2, 0.25) is 0 Å². The quantitative estimate of drug-likeness (QED) is 0.348. The van der Waals surface area contributed by atoms with Crippen molar-refractivity contribution in [2.75, 3.05) is 6.54 Å². The standard InChI is InChI=1S/C14H23N/c1-7-12(5)9-13(6)14(11(3)4)10-15-8-2/h10H,3,5,7-9H2,1-2,4,6H3/b14-13+,15-10?. The molecule has 0 saturated heterocycles. The van der Waals surface area contributed by atoms with Crippen LogP contribution in [-0.4, -0.2) is 12.8 Å². The van der Waals surface area contributed by atoms with E-state index in [0.29, 0.717) is 0 Å². The maximum atomic E-state index is 4.27. The molecule has 0 aromatic carbocycles. The van der Waals surface area contributed by atoms with E-state index >= 15 is 0 Å². The van der Waals surface area contributed by atoms with Crippen molar-refractivity contribution < 1.29 is 0 Å². The second-order valence-electron chi connectivity index (χ2n) is 3.88. The van der Waals surface area contributed by atoms with Gasteiger partial charge in [-0.15, -0.1) is 0 Å². The molecule has 0 spiro atoms. The van der Waals surface area contributed by atoms with Gasteiger partial charge in [0.1, 0.15) is 0 Å². The summed E-state index contributed by atoms with van der Waals surface area (Å²) in [6.45, 7) is 17.2. The monoisotopic (exact) mass is 205 g/mol. The van der Waals surface area contributed by atoms with Crippen molar-refractivity contribution in [3.63, 3.8) is 0 Å². The van der Waals surface area contributed by atoms with Gasteiger partial charge in [-0.25, -0.2) is 0 Å². The second-order valence-corrected chi connectivity index (χ2v) is 3.88. The lowest BCUT2D eigenvalue weighted by Gasteiger charge is -2.09. The van der Waals surface area contributed by atoms with Gasteiger partial charge in [-0.05, 0) is 44.8 Å². The van der Waals surface area contributed by atoms with Gasteiger partial charge >= 0.3 is 0 Å². The Morgan fingerprint density at radius 3 is 2.20 bits per heavy atom. The number of nitrogens with zero attached hydrogens (tertiary/aromatic N) is 1. The van der Waals surface area contributed by atoms with Crippen LogP contribution in [0.4, 0.5) is 0 Å². The molecule has 0 aliphatic rings. The van der Waals surface area contributed by atoms with Crippen molar-refractivity contribution in [3.8, 4) is 0 Å². The molecule has 0 rings (SSSR count). The fourth-order valence-corrected chi connectivity index (χ4v) is 1.36. The van der Waals surface area contributed by atoms with Crippen LogP contribution in [0.3, 0.4) is 0 Å². The molecule has 0 aromatic heterocycles. The fraction of sp³-hybridized carbons (Fsp3) is 0.500. The van der Waals surface area contributed by atoms with Gasteiger partial charge in [0.05, 0.1) is 0 Å².